The maximum atomic E-state index is 13.6. The second-order valence-electron chi connectivity index (χ2n) is 7.51. The number of anilines is 1. The number of nitrogens with zero attached hydrogens (tertiary/aromatic N) is 2. The Morgan fingerprint density at radius 2 is 1.97 bits per heavy atom. The molecule has 1 amide bonds. The third-order valence-electron chi connectivity index (χ3n) is 5.43. The average molecular weight is 509 g/mol. The number of aliphatic hydroxyl groups excluding tert-OH is 1. The van der Waals surface area contributed by atoms with E-state index in [4.69, 9.17) is 13.7 Å². The van der Waals surface area contributed by atoms with E-state index < -0.39 is 23.5 Å². The molecule has 1 atom stereocenters. The number of ether oxygens (including phenoxy) is 1. The van der Waals surface area contributed by atoms with E-state index in [0.717, 1.165) is 4.47 Å². The monoisotopic (exact) mass is 508 g/mol. The summed E-state index contributed by atoms with van der Waals surface area (Å²) in [6.07, 6.45) is 0. The summed E-state index contributed by atoms with van der Waals surface area (Å²) in [5.74, 6) is -0.940. The number of benzene rings is 2. The van der Waals surface area contributed by atoms with Crippen LogP contribution in [0.1, 0.15) is 27.9 Å². The highest BCUT2D eigenvalue weighted by Gasteiger charge is 2.46. The molecule has 5 rings (SSSR count). The molecule has 0 spiro atoms. The number of halogens is 1. The summed E-state index contributed by atoms with van der Waals surface area (Å²) in [5, 5.41) is 15.4. The van der Waals surface area contributed by atoms with Gasteiger partial charge in [-0.2, -0.15) is 0 Å². The standard InChI is InChI=1S/C24H17BrN2O6/c1-12-9-18(26-33-12)27-20(13-5-3-7-15(25)10-13)19(22(29)24(27)30)21(28)17-11-14-6-4-8-16(31-2)23(14)32-17/h3-11,20,29H,1-2H3. The second-order valence-corrected chi connectivity index (χ2v) is 8.42. The summed E-state index contributed by atoms with van der Waals surface area (Å²) in [6, 6.07) is 14.6. The highest BCUT2D eigenvalue weighted by Crippen LogP contribution is 2.43. The minimum Gasteiger partial charge on any atom is -0.503 e. The molecular formula is C24H17BrN2O6. The highest BCUT2D eigenvalue weighted by molar-refractivity contribution is 9.10. The van der Waals surface area contributed by atoms with Gasteiger partial charge in [-0.15, -0.1) is 0 Å². The van der Waals surface area contributed by atoms with Crippen LogP contribution in [-0.2, 0) is 4.79 Å². The van der Waals surface area contributed by atoms with Gasteiger partial charge in [0.1, 0.15) is 5.76 Å². The molecule has 1 aliphatic rings. The fourth-order valence-electron chi connectivity index (χ4n) is 3.97. The molecular weight excluding hydrogens is 492 g/mol. The summed E-state index contributed by atoms with van der Waals surface area (Å²) in [6.45, 7) is 1.69. The van der Waals surface area contributed by atoms with Crippen molar-refractivity contribution < 1.29 is 28.4 Å². The Hall–Kier alpha value is -3.85. The van der Waals surface area contributed by atoms with Gasteiger partial charge in [0.15, 0.2) is 28.7 Å². The summed E-state index contributed by atoms with van der Waals surface area (Å²) in [7, 11) is 1.50. The predicted molar refractivity (Wildman–Crippen MR) is 122 cm³/mol. The van der Waals surface area contributed by atoms with Crippen molar-refractivity contribution in [2.45, 2.75) is 13.0 Å². The van der Waals surface area contributed by atoms with Crippen LogP contribution in [0.4, 0.5) is 5.82 Å². The Bertz CT molecular complexity index is 1450. The van der Waals surface area contributed by atoms with E-state index in [1.54, 1.807) is 55.5 Å². The van der Waals surface area contributed by atoms with Crippen LogP contribution in [-0.4, -0.2) is 29.1 Å². The smallest absolute Gasteiger partial charge is 0.295 e. The summed E-state index contributed by atoms with van der Waals surface area (Å²) in [5.41, 5.74) is 0.881. The summed E-state index contributed by atoms with van der Waals surface area (Å²) < 4.78 is 17.0. The van der Waals surface area contributed by atoms with Crippen molar-refractivity contribution >= 4 is 44.4 Å². The Labute approximate surface area is 196 Å². The van der Waals surface area contributed by atoms with Gasteiger partial charge >= 0.3 is 0 Å². The van der Waals surface area contributed by atoms with E-state index in [2.05, 4.69) is 21.1 Å². The topological polar surface area (TPSA) is 106 Å². The quantitative estimate of drug-likeness (QED) is 0.365. The predicted octanol–water partition coefficient (Wildman–Crippen LogP) is 5.28. The largest absolute Gasteiger partial charge is 0.503 e. The van der Waals surface area contributed by atoms with Gasteiger partial charge in [0.25, 0.3) is 5.91 Å². The number of carbonyl (C=O) groups excluding carboxylic acids is 2. The first-order valence-corrected chi connectivity index (χ1v) is 10.7. The van der Waals surface area contributed by atoms with E-state index in [1.165, 1.54) is 12.0 Å². The molecule has 0 aliphatic carbocycles. The molecule has 0 saturated heterocycles. The molecule has 0 bridgehead atoms. The number of amides is 1. The minimum absolute atomic E-state index is 0.0259. The summed E-state index contributed by atoms with van der Waals surface area (Å²) >= 11 is 3.43. The molecule has 2 aromatic carbocycles. The lowest BCUT2D eigenvalue weighted by Crippen LogP contribution is -2.31. The van der Waals surface area contributed by atoms with E-state index >= 15 is 0 Å². The zero-order chi connectivity index (χ0) is 23.3. The first kappa shape index (κ1) is 21.0. The molecule has 1 aliphatic heterocycles. The lowest BCUT2D eigenvalue weighted by atomic mass is 9.95. The molecule has 4 aromatic rings. The van der Waals surface area contributed by atoms with E-state index in [-0.39, 0.29) is 17.2 Å². The lowest BCUT2D eigenvalue weighted by molar-refractivity contribution is -0.117. The number of rotatable bonds is 5. The van der Waals surface area contributed by atoms with Crippen LogP contribution in [0, 0.1) is 6.92 Å². The van der Waals surface area contributed by atoms with Crippen molar-refractivity contribution in [2.75, 3.05) is 12.0 Å². The molecule has 3 heterocycles. The lowest BCUT2D eigenvalue weighted by Gasteiger charge is -2.24. The fourth-order valence-corrected chi connectivity index (χ4v) is 4.39. The first-order valence-electron chi connectivity index (χ1n) is 9.95. The second kappa shape index (κ2) is 7.93. The normalized spacial score (nSPS) is 16.2. The molecule has 33 heavy (non-hydrogen) atoms. The first-order chi connectivity index (χ1) is 15.9. The average Bonchev–Trinajstić information content (AvgIpc) is 3.49. The molecule has 166 valence electrons. The fraction of sp³-hybridized carbons (Fsp3) is 0.125. The maximum absolute atomic E-state index is 13.6. The van der Waals surface area contributed by atoms with Gasteiger partial charge in [0.2, 0.25) is 5.78 Å². The maximum Gasteiger partial charge on any atom is 0.295 e. The van der Waals surface area contributed by atoms with Crippen LogP contribution in [0.15, 0.2) is 79.3 Å². The third-order valence-corrected chi connectivity index (χ3v) is 5.92. The van der Waals surface area contributed by atoms with Crippen LogP contribution in [0.5, 0.6) is 5.75 Å². The number of hydrogen-bond donors (Lipinski definition) is 1. The molecule has 2 aromatic heterocycles. The van der Waals surface area contributed by atoms with E-state index in [1.807, 2.05) is 6.07 Å². The molecule has 0 radical (unpaired) electrons. The van der Waals surface area contributed by atoms with Crippen LogP contribution in [0.25, 0.3) is 11.0 Å². The van der Waals surface area contributed by atoms with Crippen LogP contribution < -0.4 is 9.64 Å². The highest BCUT2D eigenvalue weighted by atomic mass is 79.9. The van der Waals surface area contributed by atoms with Crippen LogP contribution >= 0.6 is 15.9 Å². The number of carbonyl (C=O) groups is 2. The Balaban J connectivity index is 1.67. The van der Waals surface area contributed by atoms with Crippen molar-refractivity contribution in [1.29, 1.82) is 0 Å². The van der Waals surface area contributed by atoms with Crippen molar-refractivity contribution in [2.24, 2.45) is 0 Å². The number of fused-ring (bicyclic) bond motifs is 1. The van der Waals surface area contributed by atoms with Gasteiger partial charge in [-0.05, 0) is 36.8 Å². The molecule has 8 nitrogen and oxygen atoms in total. The van der Waals surface area contributed by atoms with E-state index in [0.29, 0.717) is 28.0 Å². The molecule has 9 heteroatoms. The number of Topliss-reactive ketones (excluding diaryl/α,β-unsaturated/α-hetero) is 1. The number of aryl methyl sites for hydroxylation is 1. The van der Waals surface area contributed by atoms with Gasteiger partial charge in [-0.1, -0.05) is 45.4 Å². The van der Waals surface area contributed by atoms with Crippen LogP contribution in [0.2, 0.25) is 0 Å². The number of aromatic nitrogens is 1. The zero-order valence-corrected chi connectivity index (χ0v) is 19.1. The van der Waals surface area contributed by atoms with Gasteiger partial charge in [0, 0.05) is 15.9 Å². The minimum atomic E-state index is -0.942. The van der Waals surface area contributed by atoms with Gasteiger partial charge in [-0.3, -0.25) is 14.5 Å². The number of para-hydroxylation sites is 1. The van der Waals surface area contributed by atoms with E-state index in [9.17, 15) is 14.7 Å². The number of ketones is 1. The van der Waals surface area contributed by atoms with Crippen molar-refractivity contribution in [1.82, 2.24) is 5.16 Å². The number of furan rings is 1. The number of hydrogen-bond acceptors (Lipinski definition) is 7. The van der Waals surface area contributed by atoms with Gasteiger partial charge < -0.3 is 18.8 Å². The van der Waals surface area contributed by atoms with Crippen molar-refractivity contribution in [3.8, 4) is 5.75 Å². The number of methoxy groups -OCH3 is 1. The Morgan fingerprint density at radius 3 is 2.67 bits per heavy atom. The summed E-state index contributed by atoms with van der Waals surface area (Å²) in [4.78, 5) is 28.0. The van der Waals surface area contributed by atoms with Crippen LogP contribution in [0.3, 0.4) is 0 Å². The Kier molecular flexibility index (Phi) is 5.05. The Morgan fingerprint density at radius 1 is 1.18 bits per heavy atom. The third kappa shape index (κ3) is 3.41. The molecule has 0 saturated carbocycles. The molecule has 1 unspecified atom stereocenters. The molecule has 0 fully saturated rings. The van der Waals surface area contributed by atoms with Gasteiger partial charge in [0.05, 0.1) is 18.7 Å². The number of aliphatic hydroxyl groups is 1. The SMILES string of the molecule is COc1cccc2cc(C(=O)C3=C(O)C(=O)N(c4cc(C)on4)C3c3cccc(Br)c3)oc12. The van der Waals surface area contributed by atoms with Gasteiger partial charge in [-0.25, -0.2) is 0 Å². The van der Waals surface area contributed by atoms with Crippen molar-refractivity contribution in [3.05, 3.63) is 87.5 Å². The molecule has 1 N–H and O–H groups in total. The van der Waals surface area contributed by atoms with Crippen molar-refractivity contribution in [3.63, 3.8) is 0 Å². The zero-order valence-electron chi connectivity index (χ0n) is 17.5.